The second-order valence-electron chi connectivity index (χ2n) is 6.46. The third-order valence-electron chi connectivity index (χ3n) is 4.40. The summed E-state index contributed by atoms with van der Waals surface area (Å²) in [6, 6.07) is 9.73. The van der Waals surface area contributed by atoms with Gasteiger partial charge in [0.05, 0.1) is 22.8 Å². The van der Waals surface area contributed by atoms with Crippen molar-refractivity contribution in [1.29, 1.82) is 0 Å². The summed E-state index contributed by atoms with van der Waals surface area (Å²) in [7, 11) is 0. The molecule has 3 amide bonds. The average Bonchev–Trinajstić information content (AvgIpc) is 3.17. The maximum atomic E-state index is 12.5. The van der Waals surface area contributed by atoms with Gasteiger partial charge in [-0.25, -0.2) is 0 Å². The van der Waals surface area contributed by atoms with Crippen molar-refractivity contribution < 1.29 is 14.4 Å². The smallest absolute Gasteiger partial charge is 0.261 e. The molecule has 2 heterocycles. The summed E-state index contributed by atoms with van der Waals surface area (Å²) in [5, 5.41) is 10.5. The molecule has 26 heavy (non-hydrogen) atoms. The van der Waals surface area contributed by atoms with Crippen molar-refractivity contribution in [3.05, 3.63) is 59.3 Å². The molecule has 3 aromatic rings. The van der Waals surface area contributed by atoms with E-state index >= 15 is 0 Å². The van der Waals surface area contributed by atoms with Crippen molar-refractivity contribution in [2.24, 2.45) is 0 Å². The van der Waals surface area contributed by atoms with Crippen molar-refractivity contribution in [2.75, 3.05) is 5.32 Å². The highest BCUT2D eigenvalue weighted by Gasteiger charge is 2.37. The highest BCUT2D eigenvalue weighted by Crippen LogP contribution is 2.26. The number of fused-ring (bicyclic) bond motifs is 2. The van der Waals surface area contributed by atoms with E-state index < -0.39 is 0 Å². The highest BCUT2D eigenvalue weighted by molar-refractivity contribution is 6.22. The second kappa shape index (κ2) is 5.80. The zero-order valence-electron chi connectivity index (χ0n) is 14.2. The van der Waals surface area contributed by atoms with Gasteiger partial charge in [0, 0.05) is 22.7 Å². The number of hydrogen-bond donors (Lipinski definition) is 2. The van der Waals surface area contributed by atoms with Crippen LogP contribution in [0.4, 0.5) is 5.69 Å². The standard InChI is InChI=1S/C19H16N4O3/c1-10(2)23-18(25)14-6-4-11(7-15(14)19(23)26)17(24)21-13-5-3-12-9-20-22-16(12)8-13/h3-10H,1-2H3,(H,20,22)(H,21,24). The molecule has 0 spiro atoms. The van der Waals surface area contributed by atoms with Gasteiger partial charge in [-0.1, -0.05) is 0 Å². The molecule has 0 aliphatic carbocycles. The monoisotopic (exact) mass is 348 g/mol. The topological polar surface area (TPSA) is 95.2 Å². The van der Waals surface area contributed by atoms with Crippen LogP contribution in [0.3, 0.4) is 0 Å². The Kier molecular flexibility index (Phi) is 3.57. The number of aromatic amines is 1. The molecule has 0 fully saturated rings. The zero-order chi connectivity index (χ0) is 18.4. The van der Waals surface area contributed by atoms with Crippen LogP contribution in [0.25, 0.3) is 10.9 Å². The predicted octanol–water partition coefficient (Wildman–Crippen LogP) is 2.82. The molecule has 2 aromatic carbocycles. The van der Waals surface area contributed by atoms with Crippen LogP contribution in [0.2, 0.25) is 0 Å². The molecule has 1 aliphatic heterocycles. The largest absolute Gasteiger partial charge is 0.322 e. The molecule has 130 valence electrons. The van der Waals surface area contributed by atoms with Crippen molar-refractivity contribution in [3.8, 4) is 0 Å². The first kappa shape index (κ1) is 16.0. The van der Waals surface area contributed by atoms with Crippen LogP contribution in [0, 0.1) is 0 Å². The van der Waals surface area contributed by atoms with Crippen LogP contribution < -0.4 is 5.32 Å². The van der Waals surface area contributed by atoms with Gasteiger partial charge in [0.2, 0.25) is 0 Å². The first-order valence-corrected chi connectivity index (χ1v) is 8.22. The number of anilines is 1. The Hall–Kier alpha value is -3.48. The summed E-state index contributed by atoms with van der Waals surface area (Å²) in [6.45, 7) is 3.56. The Balaban J connectivity index is 1.62. The summed E-state index contributed by atoms with van der Waals surface area (Å²) < 4.78 is 0. The molecule has 4 rings (SSSR count). The number of carbonyl (C=O) groups is 3. The van der Waals surface area contributed by atoms with Crippen LogP contribution in [-0.2, 0) is 0 Å². The van der Waals surface area contributed by atoms with Gasteiger partial charge in [-0.3, -0.25) is 24.4 Å². The maximum Gasteiger partial charge on any atom is 0.261 e. The van der Waals surface area contributed by atoms with Gasteiger partial charge in [-0.2, -0.15) is 5.10 Å². The molecule has 1 aliphatic rings. The molecular formula is C19H16N4O3. The Bertz CT molecular complexity index is 1070. The predicted molar refractivity (Wildman–Crippen MR) is 96.1 cm³/mol. The van der Waals surface area contributed by atoms with E-state index in [0.29, 0.717) is 16.8 Å². The Labute approximate surface area is 149 Å². The second-order valence-corrected chi connectivity index (χ2v) is 6.46. The van der Waals surface area contributed by atoms with E-state index in [9.17, 15) is 14.4 Å². The van der Waals surface area contributed by atoms with Crippen LogP contribution in [0.15, 0.2) is 42.6 Å². The molecule has 7 heteroatoms. The fraction of sp³-hybridized carbons (Fsp3) is 0.158. The number of nitrogens with zero attached hydrogens (tertiary/aromatic N) is 2. The summed E-state index contributed by atoms with van der Waals surface area (Å²) >= 11 is 0. The lowest BCUT2D eigenvalue weighted by Crippen LogP contribution is -2.35. The Morgan fingerprint density at radius 2 is 1.85 bits per heavy atom. The zero-order valence-corrected chi connectivity index (χ0v) is 14.2. The van der Waals surface area contributed by atoms with Crippen molar-refractivity contribution >= 4 is 34.3 Å². The minimum absolute atomic E-state index is 0.235. The number of benzene rings is 2. The summed E-state index contributed by atoms with van der Waals surface area (Å²) in [4.78, 5) is 38.5. The van der Waals surface area contributed by atoms with E-state index in [1.54, 1.807) is 38.2 Å². The highest BCUT2D eigenvalue weighted by atomic mass is 16.2. The molecule has 0 unspecified atom stereocenters. The van der Waals surface area contributed by atoms with Crippen molar-refractivity contribution in [2.45, 2.75) is 19.9 Å². The number of carbonyl (C=O) groups excluding carboxylic acids is 3. The molecule has 2 N–H and O–H groups in total. The lowest BCUT2D eigenvalue weighted by molar-refractivity contribution is 0.0609. The van der Waals surface area contributed by atoms with Gasteiger partial charge >= 0.3 is 0 Å². The third-order valence-corrected chi connectivity index (χ3v) is 4.40. The summed E-state index contributed by atoms with van der Waals surface area (Å²) in [5.41, 5.74) is 2.34. The molecule has 0 saturated carbocycles. The van der Waals surface area contributed by atoms with Gasteiger partial charge in [0.15, 0.2) is 0 Å². The van der Waals surface area contributed by atoms with E-state index in [-0.39, 0.29) is 29.3 Å². The van der Waals surface area contributed by atoms with E-state index in [2.05, 4.69) is 15.5 Å². The van der Waals surface area contributed by atoms with E-state index in [0.717, 1.165) is 10.9 Å². The number of aromatic nitrogens is 2. The van der Waals surface area contributed by atoms with Crippen LogP contribution in [0.5, 0.6) is 0 Å². The van der Waals surface area contributed by atoms with Crippen LogP contribution >= 0.6 is 0 Å². The van der Waals surface area contributed by atoms with Gasteiger partial charge in [0.25, 0.3) is 17.7 Å². The van der Waals surface area contributed by atoms with E-state index in [1.807, 2.05) is 6.07 Å². The molecule has 7 nitrogen and oxygen atoms in total. The molecule has 0 saturated heterocycles. The van der Waals surface area contributed by atoms with Gasteiger partial charge in [-0.05, 0) is 50.2 Å². The fourth-order valence-electron chi connectivity index (χ4n) is 3.09. The third kappa shape index (κ3) is 2.45. The maximum absolute atomic E-state index is 12.5. The van der Waals surface area contributed by atoms with Crippen LogP contribution in [0.1, 0.15) is 44.9 Å². The number of nitrogens with one attached hydrogen (secondary N) is 2. The molecule has 1 aromatic heterocycles. The van der Waals surface area contributed by atoms with Crippen LogP contribution in [-0.4, -0.2) is 38.9 Å². The number of amides is 3. The number of imide groups is 1. The minimum atomic E-state index is -0.367. The number of hydrogen-bond acceptors (Lipinski definition) is 4. The SMILES string of the molecule is CC(C)N1C(=O)c2ccc(C(=O)Nc3ccc4cn[nH]c4c3)cc2C1=O. The number of rotatable bonds is 3. The molecule has 0 bridgehead atoms. The molecule has 0 atom stereocenters. The average molecular weight is 348 g/mol. The van der Waals surface area contributed by atoms with E-state index in [1.165, 1.54) is 17.0 Å². The molecular weight excluding hydrogens is 332 g/mol. The lowest BCUT2D eigenvalue weighted by Gasteiger charge is -2.17. The Morgan fingerprint density at radius 3 is 2.62 bits per heavy atom. The van der Waals surface area contributed by atoms with E-state index in [4.69, 9.17) is 0 Å². The quantitative estimate of drug-likeness (QED) is 0.712. The van der Waals surface area contributed by atoms with Gasteiger partial charge < -0.3 is 5.32 Å². The minimum Gasteiger partial charge on any atom is -0.322 e. The lowest BCUT2D eigenvalue weighted by atomic mass is 10.1. The van der Waals surface area contributed by atoms with Gasteiger partial charge in [-0.15, -0.1) is 0 Å². The van der Waals surface area contributed by atoms with Gasteiger partial charge in [0.1, 0.15) is 0 Å². The van der Waals surface area contributed by atoms with Crippen molar-refractivity contribution in [3.63, 3.8) is 0 Å². The fourth-order valence-corrected chi connectivity index (χ4v) is 3.09. The number of H-pyrrole nitrogens is 1. The first-order valence-electron chi connectivity index (χ1n) is 8.22. The normalized spacial score (nSPS) is 13.6. The summed E-state index contributed by atoms with van der Waals surface area (Å²) in [5.74, 6) is -1.04. The first-order chi connectivity index (χ1) is 12.5. The summed E-state index contributed by atoms with van der Waals surface area (Å²) in [6.07, 6.45) is 1.70. The van der Waals surface area contributed by atoms with Crippen molar-refractivity contribution in [1.82, 2.24) is 15.1 Å². The Morgan fingerprint density at radius 1 is 1.08 bits per heavy atom. The molecule has 0 radical (unpaired) electrons.